The predicted octanol–water partition coefficient (Wildman–Crippen LogP) is 4.36. The van der Waals surface area contributed by atoms with Gasteiger partial charge in [0.05, 0.1) is 33.5 Å². The average molecular weight is 403 g/mol. The van der Waals surface area contributed by atoms with Crippen molar-refractivity contribution >= 4 is 39.1 Å². The Bertz CT molecular complexity index is 940. The van der Waals surface area contributed by atoms with E-state index >= 15 is 0 Å². The molecule has 0 unspecified atom stereocenters. The minimum Gasteiger partial charge on any atom is -0.489 e. The van der Waals surface area contributed by atoms with Gasteiger partial charge in [-0.15, -0.1) is 11.3 Å². The van der Waals surface area contributed by atoms with Crippen LogP contribution in [0.15, 0.2) is 36.4 Å². The third kappa shape index (κ3) is 4.34. The molecule has 0 aliphatic carbocycles. The van der Waals surface area contributed by atoms with E-state index < -0.39 is 0 Å². The highest BCUT2D eigenvalue weighted by atomic mass is 35.5. The number of hydrogen-bond acceptors (Lipinski definition) is 5. The molecule has 2 heterocycles. The molecule has 140 valence electrons. The molecule has 0 fully saturated rings. The number of aryl methyl sites for hydroxylation is 1. The number of rotatable bonds is 5. The van der Waals surface area contributed by atoms with Gasteiger partial charge in [-0.2, -0.15) is 0 Å². The third-order valence-corrected chi connectivity index (χ3v) is 5.63. The molecule has 2 aromatic carbocycles. The second-order valence-corrected chi connectivity index (χ2v) is 7.83. The van der Waals surface area contributed by atoms with Crippen molar-refractivity contribution < 1.29 is 14.3 Å². The number of thiazole rings is 1. The van der Waals surface area contributed by atoms with Crippen LogP contribution in [0.2, 0.25) is 5.02 Å². The molecule has 27 heavy (non-hydrogen) atoms. The summed E-state index contributed by atoms with van der Waals surface area (Å²) in [6, 6.07) is 11.7. The van der Waals surface area contributed by atoms with E-state index in [-0.39, 0.29) is 5.91 Å². The summed E-state index contributed by atoms with van der Waals surface area (Å²) in [6.07, 6.45) is 1.86. The number of nitrogens with one attached hydrogen (secondary N) is 1. The first-order valence-electron chi connectivity index (χ1n) is 8.88. The van der Waals surface area contributed by atoms with Gasteiger partial charge < -0.3 is 14.8 Å². The molecule has 4 rings (SSSR count). The van der Waals surface area contributed by atoms with Crippen LogP contribution in [0.3, 0.4) is 0 Å². The van der Waals surface area contributed by atoms with E-state index in [0.29, 0.717) is 49.1 Å². The molecular formula is C20H19ClN2O3S. The molecule has 1 aliphatic heterocycles. The summed E-state index contributed by atoms with van der Waals surface area (Å²) in [7, 11) is 0. The molecule has 0 radical (unpaired) electrons. The van der Waals surface area contributed by atoms with Gasteiger partial charge in [0.25, 0.3) is 0 Å². The van der Waals surface area contributed by atoms with Crippen LogP contribution in [0.25, 0.3) is 10.2 Å². The molecule has 1 aromatic heterocycles. The number of nitrogens with zero attached hydrogens (tertiary/aromatic N) is 1. The Morgan fingerprint density at radius 3 is 2.96 bits per heavy atom. The molecule has 3 aromatic rings. The molecule has 0 atom stereocenters. The van der Waals surface area contributed by atoms with Crippen LogP contribution in [-0.2, 0) is 17.8 Å². The van der Waals surface area contributed by atoms with Crippen molar-refractivity contribution in [2.75, 3.05) is 13.2 Å². The number of carbonyl (C=O) groups is 1. The van der Waals surface area contributed by atoms with Gasteiger partial charge in [0, 0.05) is 25.8 Å². The fourth-order valence-corrected chi connectivity index (χ4v) is 4.18. The van der Waals surface area contributed by atoms with Gasteiger partial charge in [0.2, 0.25) is 5.91 Å². The van der Waals surface area contributed by atoms with Crippen LogP contribution in [0.4, 0.5) is 0 Å². The molecule has 0 bridgehead atoms. The Hall–Kier alpha value is -2.31. The first-order valence-corrected chi connectivity index (χ1v) is 10.1. The van der Waals surface area contributed by atoms with E-state index in [2.05, 4.69) is 10.3 Å². The largest absolute Gasteiger partial charge is 0.489 e. The number of hydrogen-bond donors (Lipinski definition) is 1. The Kier molecular flexibility index (Phi) is 5.45. The second-order valence-electron chi connectivity index (χ2n) is 6.31. The van der Waals surface area contributed by atoms with Crippen LogP contribution >= 0.6 is 22.9 Å². The predicted molar refractivity (Wildman–Crippen MR) is 107 cm³/mol. The van der Waals surface area contributed by atoms with Crippen LogP contribution < -0.4 is 14.8 Å². The fourth-order valence-electron chi connectivity index (χ4n) is 2.92. The summed E-state index contributed by atoms with van der Waals surface area (Å²) < 4.78 is 12.5. The van der Waals surface area contributed by atoms with Gasteiger partial charge in [0.1, 0.15) is 0 Å². The second kappa shape index (κ2) is 8.15. The quantitative estimate of drug-likeness (QED) is 0.688. The molecule has 1 N–H and O–H groups in total. The van der Waals surface area contributed by atoms with Gasteiger partial charge in [0.15, 0.2) is 11.5 Å². The number of benzene rings is 2. The number of para-hydroxylation sites is 1. The minimum absolute atomic E-state index is 0.0162. The van der Waals surface area contributed by atoms with Crippen molar-refractivity contribution in [3.05, 3.63) is 52.0 Å². The van der Waals surface area contributed by atoms with Gasteiger partial charge in [-0.3, -0.25) is 4.79 Å². The molecule has 1 aliphatic rings. The van der Waals surface area contributed by atoms with E-state index in [4.69, 9.17) is 21.1 Å². The highest BCUT2D eigenvalue weighted by molar-refractivity contribution is 7.18. The average Bonchev–Trinajstić information content (AvgIpc) is 2.93. The summed E-state index contributed by atoms with van der Waals surface area (Å²) in [4.78, 5) is 16.8. The SMILES string of the molecule is O=C(CCc1nc2ccccc2s1)NCc1cc(Cl)c2c(c1)OCCCO2. The van der Waals surface area contributed by atoms with Gasteiger partial charge in [-0.05, 0) is 29.8 Å². The Labute approximate surface area is 166 Å². The Morgan fingerprint density at radius 1 is 1.22 bits per heavy atom. The molecule has 0 spiro atoms. The molecule has 5 nitrogen and oxygen atoms in total. The van der Waals surface area contributed by atoms with Crippen molar-refractivity contribution in [3.8, 4) is 11.5 Å². The zero-order valence-corrected chi connectivity index (χ0v) is 16.2. The molecule has 0 saturated heterocycles. The van der Waals surface area contributed by atoms with Crippen LogP contribution in [0.5, 0.6) is 11.5 Å². The van der Waals surface area contributed by atoms with E-state index in [1.807, 2.05) is 36.4 Å². The normalized spacial score (nSPS) is 13.4. The maximum absolute atomic E-state index is 12.2. The summed E-state index contributed by atoms with van der Waals surface area (Å²) in [6.45, 7) is 1.59. The Morgan fingerprint density at radius 2 is 2.07 bits per heavy atom. The smallest absolute Gasteiger partial charge is 0.220 e. The third-order valence-electron chi connectivity index (χ3n) is 4.26. The summed E-state index contributed by atoms with van der Waals surface area (Å²) in [5, 5.41) is 4.42. The van der Waals surface area contributed by atoms with Gasteiger partial charge >= 0.3 is 0 Å². The minimum atomic E-state index is -0.0162. The molecule has 1 amide bonds. The van der Waals surface area contributed by atoms with Gasteiger partial charge in [-0.25, -0.2) is 4.98 Å². The van der Waals surface area contributed by atoms with Crippen LogP contribution in [-0.4, -0.2) is 24.1 Å². The first-order chi connectivity index (χ1) is 13.2. The molecular weight excluding hydrogens is 384 g/mol. The van der Waals surface area contributed by atoms with E-state index in [0.717, 1.165) is 27.2 Å². The van der Waals surface area contributed by atoms with E-state index in [1.165, 1.54) is 0 Å². The van der Waals surface area contributed by atoms with Crippen molar-refractivity contribution in [1.82, 2.24) is 10.3 Å². The van der Waals surface area contributed by atoms with E-state index in [1.54, 1.807) is 11.3 Å². The lowest BCUT2D eigenvalue weighted by Gasteiger charge is -2.12. The van der Waals surface area contributed by atoms with Crippen molar-refractivity contribution in [2.24, 2.45) is 0 Å². The number of ether oxygens (including phenoxy) is 2. The van der Waals surface area contributed by atoms with Crippen molar-refractivity contribution in [1.29, 1.82) is 0 Å². The first kappa shape index (κ1) is 18.1. The van der Waals surface area contributed by atoms with Crippen LogP contribution in [0, 0.1) is 0 Å². The van der Waals surface area contributed by atoms with E-state index in [9.17, 15) is 4.79 Å². The summed E-state index contributed by atoms with van der Waals surface area (Å²) in [5.41, 5.74) is 1.87. The number of amides is 1. The number of halogens is 1. The Balaban J connectivity index is 1.33. The summed E-state index contributed by atoms with van der Waals surface area (Å²) >= 11 is 7.92. The topological polar surface area (TPSA) is 60.5 Å². The number of fused-ring (bicyclic) bond motifs is 2. The maximum atomic E-state index is 12.2. The maximum Gasteiger partial charge on any atom is 0.220 e. The lowest BCUT2D eigenvalue weighted by Crippen LogP contribution is -2.23. The zero-order valence-electron chi connectivity index (χ0n) is 14.7. The molecule has 0 saturated carbocycles. The van der Waals surface area contributed by atoms with Crippen LogP contribution in [0.1, 0.15) is 23.4 Å². The zero-order chi connectivity index (χ0) is 18.6. The van der Waals surface area contributed by atoms with Gasteiger partial charge in [-0.1, -0.05) is 23.7 Å². The highest BCUT2D eigenvalue weighted by Gasteiger charge is 2.16. The monoisotopic (exact) mass is 402 g/mol. The molecule has 7 heteroatoms. The van der Waals surface area contributed by atoms with Crippen molar-refractivity contribution in [3.63, 3.8) is 0 Å². The number of carbonyl (C=O) groups excluding carboxylic acids is 1. The summed E-state index contributed by atoms with van der Waals surface area (Å²) in [5.74, 6) is 1.20. The highest BCUT2D eigenvalue weighted by Crippen LogP contribution is 2.37. The van der Waals surface area contributed by atoms with Crippen molar-refractivity contribution in [2.45, 2.75) is 25.8 Å². The number of aromatic nitrogens is 1. The standard InChI is InChI=1S/C20H19ClN2O3S/c21-14-10-13(11-16-20(14)26-9-3-8-25-16)12-22-18(24)6-7-19-23-15-4-1-2-5-17(15)27-19/h1-2,4-5,10-11H,3,6-9,12H2,(H,22,24). The fraction of sp³-hybridized carbons (Fsp3) is 0.300. The lowest BCUT2D eigenvalue weighted by molar-refractivity contribution is -0.121. The lowest BCUT2D eigenvalue weighted by atomic mass is 10.2.